The van der Waals surface area contributed by atoms with Crippen molar-refractivity contribution in [1.82, 2.24) is 9.55 Å². The van der Waals surface area contributed by atoms with Gasteiger partial charge in [0, 0.05) is 27.3 Å². The lowest BCUT2D eigenvalue weighted by atomic mass is 10.0. The Balaban J connectivity index is 0.00000156. The molecule has 3 aromatic rings. The molecule has 2 aromatic carbocycles. The molecule has 0 saturated heterocycles. The number of rotatable bonds is 3. The van der Waals surface area contributed by atoms with Gasteiger partial charge in [0.2, 0.25) is 0 Å². The van der Waals surface area contributed by atoms with Crippen LogP contribution in [0.15, 0.2) is 65.8 Å². The zero-order chi connectivity index (χ0) is 14.9. The smallest absolute Gasteiger partial charge is 0.169 e. The van der Waals surface area contributed by atoms with Gasteiger partial charge in [0.15, 0.2) is 5.16 Å². The summed E-state index contributed by atoms with van der Waals surface area (Å²) in [7, 11) is 0. The van der Waals surface area contributed by atoms with Crippen molar-refractivity contribution in [2.45, 2.75) is 17.0 Å². The van der Waals surface area contributed by atoms with E-state index in [1.54, 1.807) is 0 Å². The van der Waals surface area contributed by atoms with Crippen LogP contribution in [0.1, 0.15) is 0 Å². The number of halogens is 2. The van der Waals surface area contributed by atoms with Gasteiger partial charge in [0.05, 0.1) is 11.4 Å². The number of hydrogen-bond acceptors (Lipinski definition) is 2. The van der Waals surface area contributed by atoms with E-state index in [1.165, 1.54) is 16.8 Å². The summed E-state index contributed by atoms with van der Waals surface area (Å²) in [6, 6.07) is 21.1. The fourth-order valence-corrected chi connectivity index (χ4v) is 4.69. The van der Waals surface area contributed by atoms with Gasteiger partial charge in [-0.05, 0) is 0 Å². The Morgan fingerprint density at radius 3 is 2.22 bits per heavy atom. The van der Waals surface area contributed by atoms with Crippen LogP contribution in [0.25, 0.3) is 22.5 Å². The quantitative estimate of drug-likeness (QED) is 0.308. The summed E-state index contributed by atoms with van der Waals surface area (Å²) in [6.07, 6.45) is 0. The molecule has 118 valence electrons. The van der Waals surface area contributed by atoms with E-state index < -0.39 is 0 Å². The van der Waals surface area contributed by atoms with Crippen LogP contribution in [-0.2, 0) is 6.54 Å². The van der Waals surface area contributed by atoms with Crippen LogP contribution in [0.3, 0.4) is 0 Å². The van der Waals surface area contributed by atoms with Crippen LogP contribution < -0.4 is 0 Å². The van der Waals surface area contributed by atoms with Crippen molar-refractivity contribution in [3.63, 3.8) is 0 Å². The molecule has 0 spiro atoms. The predicted octanol–water partition coefficient (Wildman–Crippen LogP) is 5.74. The van der Waals surface area contributed by atoms with Crippen LogP contribution in [0.5, 0.6) is 0 Å². The first-order valence-electron chi connectivity index (χ1n) is 7.31. The summed E-state index contributed by atoms with van der Waals surface area (Å²) in [4.78, 5) is 4.96. The molecule has 23 heavy (non-hydrogen) atoms. The highest BCUT2D eigenvalue weighted by molar-refractivity contribution is 14.1. The van der Waals surface area contributed by atoms with Crippen molar-refractivity contribution in [1.29, 1.82) is 0 Å². The molecule has 1 aliphatic rings. The number of aromatic nitrogens is 2. The van der Waals surface area contributed by atoms with Gasteiger partial charge in [-0.2, -0.15) is 0 Å². The molecular weight excluding hydrogens is 530 g/mol. The summed E-state index contributed by atoms with van der Waals surface area (Å²) in [6.45, 7) is 1.05. The predicted molar refractivity (Wildman–Crippen MR) is 117 cm³/mol. The Morgan fingerprint density at radius 1 is 1.00 bits per heavy atom. The van der Waals surface area contributed by atoms with Crippen molar-refractivity contribution in [2.75, 3.05) is 4.43 Å². The van der Waals surface area contributed by atoms with Crippen LogP contribution >= 0.6 is 58.3 Å². The lowest BCUT2D eigenvalue weighted by Crippen LogP contribution is -2.07. The first-order valence-corrected chi connectivity index (χ1v) is 9.71. The first-order chi connectivity index (χ1) is 10.9. The van der Waals surface area contributed by atoms with E-state index in [0.29, 0.717) is 5.25 Å². The Labute approximate surface area is 171 Å². The van der Waals surface area contributed by atoms with Gasteiger partial charge < -0.3 is 4.57 Å². The summed E-state index contributed by atoms with van der Waals surface area (Å²) in [5.74, 6) is 0. The summed E-state index contributed by atoms with van der Waals surface area (Å²) < 4.78 is 3.55. The number of benzene rings is 2. The standard InChI is InChI=1S/C18H15IN2S.HI/c19-11-15-12-21-17(14-9-5-2-6-10-14)16(20-18(21)22-15)13-7-3-1-4-8-13;/h1-10,15H,11-12H2;1H. The number of alkyl halides is 1. The number of fused-ring (bicyclic) bond motifs is 1. The average molecular weight is 546 g/mol. The van der Waals surface area contributed by atoms with E-state index in [9.17, 15) is 0 Å². The van der Waals surface area contributed by atoms with Crippen LogP contribution in [-0.4, -0.2) is 19.2 Å². The molecule has 0 amide bonds. The number of nitrogens with zero attached hydrogens (tertiary/aromatic N) is 2. The molecule has 1 aliphatic heterocycles. The molecule has 1 atom stereocenters. The Morgan fingerprint density at radius 2 is 1.61 bits per heavy atom. The molecule has 5 heteroatoms. The molecule has 1 aromatic heterocycles. The minimum absolute atomic E-state index is 0. The lowest BCUT2D eigenvalue weighted by molar-refractivity contribution is 0.681. The maximum absolute atomic E-state index is 4.96. The molecule has 4 rings (SSSR count). The molecule has 2 heterocycles. The molecule has 0 aliphatic carbocycles. The Bertz CT molecular complexity index is 788. The van der Waals surface area contributed by atoms with Gasteiger partial charge in [0.25, 0.3) is 0 Å². The third-order valence-corrected chi connectivity index (χ3v) is 6.69. The third kappa shape index (κ3) is 3.32. The zero-order valence-corrected chi connectivity index (χ0v) is 17.7. The second-order valence-corrected chi connectivity index (χ2v) is 7.48. The maximum Gasteiger partial charge on any atom is 0.169 e. The SMILES string of the molecule is I.ICC1Cn2c(nc(-c3ccccc3)c2-c2ccccc2)S1. The summed E-state index contributed by atoms with van der Waals surface area (Å²) in [5.41, 5.74) is 4.78. The van der Waals surface area contributed by atoms with Gasteiger partial charge in [-0.15, -0.1) is 24.0 Å². The van der Waals surface area contributed by atoms with E-state index >= 15 is 0 Å². The minimum Gasteiger partial charge on any atom is -0.317 e. The van der Waals surface area contributed by atoms with Crippen molar-refractivity contribution in [2.24, 2.45) is 0 Å². The number of thioether (sulfide) groups is 1. The molecule has 2 nitrogen and oxygen atoms in total. The van der Waals surface area contributed by atoms with E-state index in [0.717, 1.165) is 21.8 Å². The van der Waals surface area contributed by atoms with Crippen molar-refractivity contribution < 1.29 is 0 Å². The highest BCUT2D eigenvalue weighted by atomic mass is 127. The Hall–Kier alpha value is -0.540. The van der Waals surface area contributed by atoms with Crippen molar-refractivity contribution in [3.05, 3.63) is 60.7 Å². The van der Waals surface area contributed by atoms with Gasteiger partial charge in [-0.1, -0.05) is 95.0 Å². The molecule has 0 radical (unpaired) electrons. The van der Waals surface area contributed by atoms with Gasteiger partial charge in [-0.3, -0.25) is 0 Å². The largest absolute Gasteiger partial charge is 0.317 e. The first kappa shape index (κ1) is 17.3. The van der Waals surface area contributed by atoms with E-state index in [2.05, 4.69) is 87.8 Å². The fourth-order valence-electron chi connectivity index (χ4n) is 2.85. The van der Waals surface area contributed by atoms with Crippen molar-refractivity contribution in [3.8, 4) is 22.5 Å². The average Bonchev–Trinajstić information content (AvgIpc) is 3.13. The number of hydrogen-bond donors (Lipinski definition) is 0. The topological polar surface area (TPSA) is 17.8 Å². The third-order valence-electron chi connectivity index (χ3n) is 3.86. The summed E-state index contributed by atoms with van der Waals surface area (Å²) in [5, 5.41) is 1.79. The van der Waals surface area contributed by atoms with Crippen LogP contribution in [0.2, 0.25) is 0 Å². The van der Waals surface area contributed by atoms with Crippen molar-refractivity contribution >= 4 is 58.3 Å². The molecule has 0 N–H and O–H groups in total. The fraction of sp³-hybridized carbons (Fsp3) is 0.167. The monoisotopic (exact) mass is 546 g/mol. The van der Waals surface area contributed by atoms with Crippen LogP contribution in [0.4, 0.5) is 0 Å². The summed E-state index contributed by atoms with van der Waals surface area (Å²) >= 11 is 4.37. The van der Waals surface area contributed by atoms with Crippen LogP contribution in [0, 0.1) is 0 Å². The van der Waals surface area contributed by atoms with Gasteiger partial charge in [-0.25, -0.2) is 4.98 Å². The minimum atomic E-state index is 0. The van der Waals surface area contributed by atoms with Gasteiger partial charge in [0.1, 0.15) is 0 Å². The molecule has 0 saturated carbocycles. The van der Waals surface area contributed by atoms with Gasteiger partial charge >= 0.3 is 0 Å². The molecule has 1 unspecified atom stereocenters. The highest BCUT2D eigenvalue weighted by Crippen LogP contribution is 2.41. The molecule has 0 fully saturated rings. The highest BCUT2D eigenvalue weighted by Gasteiger charge is 2.28. The number of imidazole rings is 1. The lowest BCUT2D eigenvalue weighted by Gasteiger charge is -2.10. The zero-order valence-electron chi connectivity index (χ0n) is 12.4. The normalized spacial score (nSPS) is 16.0. The Kier molecular flexibility index (Phi) is 5.69. The van der Waals surface area contributed by atoms with E-state index in [4.69, 9.17) is 4.98 Å². The second-order valence-electron chi connectivity index (χ2n) is 5.33. The van der Waals surface area contributed by atoms with E-state index in [-0.39, 0.29) is 24.0 Å². The maximum atomic E-state index is 4.96. The second kappa shape index (κ2) is 7.57. The van der Waals surface area contributed by atoms with E-state index in [1.807, 2.05) is 11.8 Å². The molecular formula is C18H16I2N2S. The molecule has 0 bridgehead atoms.